The van der Waals surface area contributed by atoms with E-state index in [0.717, 1.165) is 21.1 Å². The van der Waals surface area contributed by atoms with Gasteiger partial charge in [-0.1, -0.05) is 12.1 Å². The number of amides is 1. The first-order valence-electron chi connectivity index (χ1n) is 10.7. The van der Waals surface area contributed by atoms with Crippen LogP contribution in [-0.2, 0) is 11.3 Å². The Labute approximate surface area is 206 Å². The standard InChI is InChI=1S/C22H29IN6O4/c1-14-16(6-5-7-17(14)23)11-24-19-18(29(31)32)12-26-20(27-19)25-10-15-8-9-28(13-15)21(30)33-22(2,3)4/h5-7,12,15H,8-11,13H2,1-4H3,(H2,24,25,26,27). The molecule has 0 bridgehead atoms. The van der Waals surface area contributed by atoms with Gasteiger partial charge in [0, 0.05) is 29.7 Å². The van der Waals surface area contributed by atoms with E-state index in [-0.39, 0.29) is 23.5 Å². The van der Waals surface area contributed by atoms with E-state index in [1.165, 1.54) is 6.20 Å². The van der Waals surface area contributed by atoms with Gasteiger partial charge in [0.15, 0.2) is 0 Å². The first-order chi connectivity index (χ1) is 15.5. The number of carbonyl (C=O) groups is 1. The quantitative estimate of drug-likeness (QED) is 0.283. The van der Waals surface area contributed by atoms with Gasteiger partial charge in [-0.3, -0.25) is 10.1 Å². The number of aromatic nitrogens is 2. The Morgan fingerprint density at radius 1 is 1.36 bits per heavy atom. The lowest BCUT2D eigenvalue weighted by Gasteiger charge is -2.24. The van der Waals surface area contributed by atoms with Crippen LogP contribution in [0, 0.1) is 26.5 Å². The molecule has 1 aliphatic heterocycles. The normalized spacial score (nSPS) is 15.9. The van der Waals surface area contributed by atoms with Gasteiger partial charge in [-0.05, 0) is 79.8 Å². The van der Waals surface area contributed by atoms with Crippen LogP contribution in [-0.4, -0.2) is 51.1 Å². The molecule has 1 unspecified atom stereocenters. The van der Waals surface area contributed by atoms with Crippen LogP contribution in [0.15, 0.2) is 24.4 Å². The van der Waals surface area contributed by atoms with Crippen molar-refractivity contribution >= 4 is 46.1 Å². The highest BCUT2D eigenvalue weighted by Crippen LogP contribution is 2.25. The predicted octanol–water partition coefficient (Wildman–Crippen LogP) is 4.58. The van der Waals surface area contributed by atoms with Crippen LogP contribution in [0.1, 0.15) is 38.3 Å². The van der Waals surface area contributed by atoms with Crippen molar-refractivity contribution in [3.63, 3.8) is 0 Å². The fourth-order valence-electron chi connectivity index (χ4n) is 3.47. The van der Waals surface area contributed by atoms with Crippen LogP contribution < -0.4 is 10.6 Å². The fourth-order valence-corrected chi connectivity index (χ4v) is 4.03. The second-order valence-corrected chi connectivity index (χ2v) is 10.2. The van der Waals surface area contributed by atoms with Crippen LogP contribution in [0.5, 0.6) is 0 Å². The molecule has 3 rings (SSSR count). The highest BCUT2D eigenvalue weighted by atomic mass is 127. The molecule has 178 valence electrons. The molecule has 33 heavy (non-hydrogen) atoms. The molecule has 1 aromatic carbocycles. The average molecular weight is 568 g/mol. The molecule has 10 nitrogen and oxygen atoms in total. The highest BCUT2D eigenvalue weighted by Gasteiger charge is 2.30. The maximum absolute atomic E-state index is 12.2. The Morgan fingerprint density at radius 3 is 2.82 bits per heavy atom. The Kier molecular flexibility index (Phi) is 7.92. The van der Waals surface area contributed by atoms with Gasteiger partial charge < -0.3 is 20.3 Å². The summed E-state index contributed by atoms with van der Waals surface area (Å²) >= 11 is 2.26. The van der Waals surface area contributed by atoms with Gasteiger partial charge in [0.25, 0.3) is 0 Å². The third-order valence-corrected chi connectivity index (χ3v) is 6.45. The summed E-state index contributed by atoms with van der Waals surface area (Å²) in [4.78, 5) is 33.3. The minimum Gasteiger partial charge on any atom is -0.444 e. The zero-order chi connectivity index (χ0) is 24.2. The molecule has 11 heteroatoms. The summed E-state index contributed by atoms with van der Waals surface area (Å²) in [5.41, 5.74) is 1.45. The number of likely N-dealkylation sites (tertiary alicyclic amines) is 1. The Balaban J connectivity index is 1.62. The number of hydrogen-bond donors (Lipinski definition) is 2. The van der Waals surface area contributed by atoms with E-state index in [9.17, 15) is 14.9 Å². The molecule has 0 saturated carbocycles. The fraction of sp³-hybridized carbons (Fsp3) is 0.500. The first-order valence-corrected chi connectivity index (χ1v) is 11.8. The molecule has 2 N–H and O–H groups in total. The zero-order valence-electron chi connectivity index (χ0n) is 19.2. The summed E-state index contributed by atoms with van der Waals surface area (Å²) < 4.78 is 6.56. The largest absolute Gasteiger partial charge is 0.444 e. The van der Waals surface area contributed by atoms with Crippen molar-refractivity contribution in [3.05, 3.63) is 49.2 Å². The molecule has 0 aliphatic carbocycles. The summed E-state index contributed by atoms with van der Waals surface area (Å²) in [5.74, 6) is 0.678. The number of benzene rings is 1. The molecule has 2 heterocycles. The SMILES string of the molecule is Cc1c(I)cccc1CNc1nc(NCC2CCN(C(=O)OC(C)(C)C)C2)ncc1[N+](=O)[O-]. The number of anilines is 2. The molecule has 1 aliphatic rings. The van der Waals surface area contributed by atoms with E-state index < -0.39 is 10.5 Å². The summed E-state index contributed by atoms with van der Waals surface area (Å²) in [6.45, 7) is 9.71. The number of nitrogens with zero attached hydrogens (tertiary/aromatic N) is 4. The molecular weight excluding hydrogens is 539 g/mol. The van der Waals surface area contributed by atoms with Gasteiger partial charge >= 0.3 is 11.8 Å². The molecular formula is C22H29IN6O4. The van der Waals surface area contributed by atoms with Crippen LogP contribution in [0.2, 0.25) is 0 Å². The van der Waals surface area contributed by atoms with Crippen molar-refractivity contribution in [2.45, 2.75) is 46.3 Å². The minimum absolute atomic E-state index is 0.164. The van der Waals surface area contributed by atoms with Crippen LogP contribution >= 0.6 is 22.6 Å². The highest BCUT2D eigenvalue weighted by molar-refractivity contribution is 14.1. The van der Waals surface area contributed by atoms with E-state index in [2.05, 4.69) is 43.2 Å². The number of halogens is 1. The molecule has 0 radical (unpaired) electrons. The van der Waals surface area contributed by atoms with Gasteiger partial charge in [0.1, 0.15) is 11.8 Å². The average Bonchev–Trinajstić information content (AvgIpc) is 3.21. The van der Waals surface area contributed by atoms with Crippen molar-refractivity contribution < 1.29 is 14.5 Å². The van der Waals surface area contributed by atoms with E-state index in [1.807, 2.05) is 45.9 Å². The number of rotatable bonds is 7. The van der Waals surface area contributed by atoms with E-state index in [1.54, 1.807) is 4.90 Å². The smallest absolute Gasteiger partial charge is 0.410 e. The topological polar surface area (TPSA) is 123 Å². The van der Waals surface area contributed by atoms with Crippen molar-refractivity contribution in [1.29, 1.82) is 0 Å². The van der Waals surface area contributed by atoms with Gasteiger partial charge in [0.2, 0.25) is 11.8 Å². The monoisotopic (exact) mass is 568 g/mol. The molecule has 1 fully saturated rings. The van der Waals surface area contributed by atoms with Gasteiger partial charge in [-0.25, -0.2) is 9.78 Å². The molecule has 1 atom stereocenters. The van der Waals surface area contributed by atoms with Crippen LogP contribution in [0.3, 0.4) is 0 Å². The molecule has 0 spiro atoms. The van der Waals surface area contributed by atoms with E-state index in [0.29, 0.717) is 32.1 Å². The summed E-state index contributed by atoms with van der Waals surface area (Å²) in [6.07, 6.45) is 1.73. The lowest BCUT2D eigenvalue weighted by Crippen LogP contribution is -2.35. The second-order valence-electron chi connectivity index (χ2n) is 9.02. The third kappa shape index (κ3) is 6.89. The lowest BCUT2D eigenvalue weighted by molar-refractivity contribution is -0.384. The van der Waals surface area contributed by atoms with Gasteiger partial charge in [-0.2, -0.15) is 4.98 Å². The number of nitro groups is 1. The summed E-state index contributed by atoms with van der Waals surface area (Å²) in [7, 11) is 0. The molecule has 1 amide bonds. The van der Waals surface area contributed by atoms with Gasteiger partial charge in [-0.15, -0.1) is 0 Å². The maximum Gasteiger partial charge on any atom is 0.410 e. The molecule has 1 saturated heterocycles. The summed E-state index contributed by atoms with van der Waals surface area (Å²) in [6, 6.07) is 5.95. The lowest BCUT2D eigenvalue weighted by atomic mass is 10.1. The Morgan fingerprint density at radius 2 is 2.12 bits per heavy atom. The predicted molar refractivity (Wildman–Crippen MR) is 134 cm³/mol. The zero-order valence-corrected chi connectivity index (χ0v) is 21.4. The molecule has 2 aromatic rings. The van der Waals surface area contributed by atoms with Gasteiger partial charge in [0.05, 0.1) is 4.92 Å². The van der Waals surface area contributed by atoms with Crippen molar-refractivity contribution in [3.8, 4) is 0 Å². The van der Waals surface area contributed by atoms with Crippen molar-refractivity contribution in [2.75, 3.05) is 30.3 Å². The van der Waals surface area contributed by atoms with E-state index >= 15 is 0 Å². The second kappa shape index (κ2) is 10.5. The number of hydrogen-bond acceptors (Lipinski definition) is 8. The number of ether oxygens (including phenoxy) is 1. The van der Waals surface area contributed by atoms with Crippen molar-refractivity contribution in [2.24, 2.45) is 5.92 Å². The molecule has 1 aromatic heterocycles. The first kappa shape index (κ1) is 24.9. The van der Waals surface area contributed by atoms with E-state index in [4.69, 9.17) is 4.74 Å². The maximum atomic E-state index is 12.2. The minimum atomic E-state index is -0.528. The Bertz CT molecular complexity index is 1030. The van der Waals surface area contributed by atoms with Crippen LogP contribution in [0.4, 0.5) is 22.2 Å². The summed E-state index contributed by atoms with van der Waals surface area (Å²) in [5, 5.41) is 17.7. The number of carbonyl (C=O) groups excluding carboxylic acids is 1. The van der Waals surface area contributed by atoms with Crippen LogP contribution in [0.25, 0.3) is 0 Å². The Hall–Kier alpha value is -2.70. The van der Waals surface area contributed by atoms with Crippen molar-refractivity contribution in [1.82, 2.24) is 14.9 Å². The number of nitrogens with one attached hydrogen (secondary N) is 2. The third-order valence-electron chi connectivity index (χ3n) is 5.28.